The van der Waals surface area contributed by atoms with E-state index in [4.69, 9.17) is 23.2 Å². The Morgan fingerprint density at radius 1 is 1.33 bits per heavy atom. The first kappa shape index (κ1) is 14.3. The number of benzene rings is 1. The fourth-order valence-electron chi connectivity index (χ4n) is 2.51. The van der Waals surface area contributed by atoms with Gasteiger partial charge in [-0.3, -0.25) is 0 Å². The van der Waals surface area contributed by atoms with E-state index in [-0.39, 0.29) is 0 Å². The third-order valence-corrected chi connectivity index (χ3v) is 4.60. The SMILES string of the molecule is O=C(O)C1(n2nnnc2Cc2ccc(Cl)c(Cl)c2)CCC1. The molecule has 110 valence electrons. The summed E-state index contributed by atoms with van der Waals surface area (Å²) in [5.74, 6) is -0.382. The molecule has 0 aliphatic heterocycles. The molecule has 0 spiro atoms. The van der Waals surface area contributed by atoms with Gasteiger partial charge in [-0.25, -0.2) is 9.48 Å². The molecule has 1 aromatic carbocycles. The van der Waals surface area contributed by atoms with E-state index in [2.05, 4.69) is 15.5 Å². The van der Waals surface area contributed by atoms with Gasteiger partial charge < -0.3 is 5.11 Å². The number of aliphatic carboxylic acids is 1. The summed E-state index contributed by atoms with van der Waals surface area (Å²) in [5, 5.41) is 21.9. The molecule has 0 unspecified atom stereocenters. The van der Waals surface area contributed by atoms with Gasteiger partial charge in [-0.2, -0.15) is 0 Å². The summed E-state index contributed by atoms with van der Waals surface area (Å²) in [6.45, 7) is 0. The minimum Gasteiger partial charge on any atom is -0.479 e. The monoisotopic (exact) mass is 326 g/mol. The number of aromatic nitrogens is 4. The van der Waals surface area contributed by atoms with E-state index in [0.717, 1.165) is 12.0 Å². The summed E-state index contributed by atoms with van der Waals surface area (Å²) in [5.41, 5.74) is -0.130. The number of carboxylic acid groups (broad SMARTS) is 1. The maximum Gasteiger partial charge on any atom is 0.331 e. The van der Waals surface area contributed by atoms with Gasteiger partial charge in [-0.05, 0) is 47.4 Å². The highest BCUT2D eigenvalue weighted by molar-refractivity contribution is 6.42. The Morgan fingerprint density at radius 3 is 2.67 bits per heavy atom. The van der Waals surface area contributed by atoms with Crippen LogP contribution in [0.1, 0.15) is 30.7 Å². The molecule has 0 radical (unpaired) electrons. The van der Waals surface area contributed by atoms with Crippen molar-refractivity contribution in [2.45, 2.75) is 31.2 Å². The molecule has 21 heavy (non-hydrogen) atoms. The number of halogens is 2. The molecule has 1 fully saturated rings. The first-order chi connectivity index (χ1) is 10.0. The molecule has 6 nitrogen and oxygen atoms in total. The minimum absolute atomic E-state index is 0.402. The maximum absolute atomic E-state index is 11.6. The van der Waals surface area contributed by atoms with Gasteiger partial charge in [0.2, 0.25) is 0 Å². The van der Waals surface area contributed by atoms with Gasteiger partial charge in [0.25, 0.3) is 0 Å². The molecule has 2 aromatic rings. The van der Waals surface area contributed by atoms with E-state index in [1.54, 1.807) is 12.1 Å². The van der Waals surface area contributed by atoms with Crippen molar-refractivity contribution in [1.29, 1.82) is 0 Å². The highest BCUT2D eigenvalue weighted by atomic mass is 35.5. The average Bonchev–Trinajstić information content (AvgIpc) is 2.81. The number of nitrogens with zero attached hydrogens (tertiary/aromatic N) is 4. The molecule has 1 saturated carbocycles. The van der Waals surface area contributed by atoms with Crippen molar-refractivity contribution in [3.8, 4) is 0 Å². The summed E-state index contributed by atoms with van der Waals surface area (Å²) < 4.78 is 1.43. The Bertz CT molecular complexity index is 697. The Balaban J connectivity index is 1.92. The lowest BCUT2D eigenvalue weighted by molar-refractivity contribution is -0.153. The van der Waals surface area contributed by atoms with E-state index in [9.17, 15) is 9.90 Å². The lowest BCUT2D eigenvalue weighted by Crippen LogP contribution is -2.49. The van der Waals surface area contributed by atoms with Crippen molar-refractivity contribution in [2.75, 3.05) is 0 Å². The Labute approximate surface area is 130 Å². The second kappa shape index (κ2) is 5.27. The van der Waals surface area contributed by atoms with Crippen molar-refractivity contribution < 1.29 is 9.90 Å². The fourth-order valence-corrected chi connectivity index (χ4v) is 2.83. The third-order valence-electron chi connectivity index (χ3n) is 3.86. The van der Waals surface area contributed by atoms with Crippen molar-refractivity contribution in [3.63, 3.8) is 0 Å². The molecule has 8 heteroatoms. The Morgan fingerprint density at radius 2 is 2.10 bits per heavy atom. The smallest absolute Gasteiger partial charge is 0.331 e. The third kappa shape index (κ3) is 2.38. The molecule has 1 aliphatic carbocycles. The van der Waals surface area contributed by atoms with Gasteiger partial charge in [-0.15, -0.1) is 5.10 Å². The predicted molar refractivity (Wildman–Crippen MR) is 76.5 cm³/mol. The van der Waals surface area contributed by atoms with Crippen molar-refractivity contribution in [2.24, 2.45) is 0 Å². The summed E-state index contributed by atoms with van der Waals surface area (Å²) in [6.07, 6.45) is 2.35. The van der Waals surface area contributed by atoms with Gasteiger partial charge >= 0.3 is 5.97 Å². The topological polar surface area (TPSA) is 80.9 Å². The van der Waals surface area contributed by atoms with Gasteiger partial charge in [0, 0.05) is 6.42 Å². The maximum atomic E-state index is 11.6. The quantitative estimate of drug-likeness (QED) is 0.933. The van der Waals surface area contributed by atoms with Crippen LogP contribution in [0.15, 0.2) is 18.2 Å². The molecular formula is C13H12Cl2N4O2. The van der Waals surface area contributed by atoms with Gasteiger partial charge in [0.05, 0.1) is 10.0 Å². The highest BCUT2D eigenvalue weighted by Gasteiger charge is 2.48. The Kier molecular flexibility index (Phi) is 3.59. The lowest BCUT2D eigenvalue weighted by Gasteiger charge is -2.37. The number of hydrogen-bond donors (Lipinski definition) is 1. The Hall–Kier alpha value is -1.66. The zero-order valence-corrected chi connectivity index (χ0v) is 12.5. The molecule has 1 aromatic heterocycles. The zero-order valence-electron chi connectivity index (χ0n) is 11.0. The van der Waals surface area contributed by atoms with E-state index in [1.807, 2.05) is 6.07 Å². The van der Waals surface area contributed by atoms with Crippen LogP contribution >= 0.6 is 23.2 Å². The largest absolute Gasteiger partial charge is 0.479 e. The summed E-state index contributed by atoms with van der Waals surface area (Å²) >= 11 is 11.9. The van der Waals surface area contributed by atoms with Crippen molar-refractivity contribution in [3.05, 3.63) is 39.6 Å². The zero-order chi connectivity index (χ0) is 15.0. The van der Waals surface area contributed by atoms with E-state index < -0.39 is 11.5 Å². The molecule has 0 saturated heterocycles. The summed E-state index contributed by atoms with van der Waals surface area (Å²) in [7, 11) is 0. The van der Waals surface area contributed by atoms with Gasteiger partial charge in [-0.1, -0.05) is 29.3 Å². The molecule has 3 rings (SSSR count). The van der Waals surface area contributed by atoms with Crippen molar-refractivity contribution in [1.82, 2.24) is 20.2 Å². The number of carboxylic acids is 1. The van der Waals surface area contributed by atoms with Crippen LogP contribution in [0.4, 0.5) is 0 Å². The lowest BCUT2D eigenvalue weighted by atomic mass is 9.77. The summed E-state index contributed by atoms with van der Waals surface area (Å²) in [4.78, 5) is 11.6. The van der Waals surface area contributed by atoms with Crippen LogP contribution in [0.3, 0.4) is 0 Å². The van der Waals surface area contributed by atoms with Gasteiger partial charge in [0.1, 0.15) is 0 Å². The molecule has 0 atom stereocenters. The average molecular weight is 327 g/mol. The van der Waals surface area contributed by atoms with E-state index in [1.165, 1.54) is 4.68 Å². The van der Waals surface area contributed by atoms with E-state index >= 15 is 0 Å². The van der Waals surface area contributed by atoms with Crippen LogP contribution in [0.5, 0.6) is 0 Å². The number of rotatable bonds is 4. The van der Waals surface area contributed by atoms with Crippen LogP contribution < -0.4 is 0 Å². The first-order valence-corrected chi connectivity index (χ1v) is 7.23. The molecule has 0 amide bonds. The van der Waals surface area contributed by atoms with Crippen LogP contribution in [-0.4, -0.2) is 31.3 Å². The molecule has 0 bridgehead atoms. The summed E-state index contributed by atoms with van der Waals surface area (Å²) in [6, 6.07) is 5.25. The molecule has 1 N–H and O–H groups in total. The number of hydrogen-bond acceptors (Lipinski definition) is 4. The normalized spacial score (nSPS) is 16.5. The van der Waals surface area contributed by atoms with Crippen molar-refractivity contribution >= 4 is 29.2 Å². The van der Waals surface area contributed by atoms with Gasteiger partial charge in [0.15, 0.2) is 11.4 Å². The highest BCUT2D eigenvalue weighted by Crippen LogP contribution is 2.39. The predicted octanol–water partition coefficient (Wildman–Crippen LogP) is 2.53. The van der Waals surface area contributed by atoms with Crippen LogP contribution in [0.25, 0.3) is 0 Å². The standard InChI is InChI=1S/C13H12Cl2N4O2/c14-9-3-2-8(6-10(9)15)7-11-16-17-18-19(11)13(12(20)21)4-1-5-13/h2-3,6H,1,4-5,7H2,(H,20,21). The van der Waals surface area contributed by atoms with Crippen LogP contribution in [0.2, 0.25) is 10.0 Å². The fraction of sp³-hybridized carbons (Fsp3) is 0.385. The first-order valence-electron chi connectivity index (χ1n) is 6.48. The second-order valence-corrected chi connectivity index (χ2v) is 5.94. The molecular weight excluding hydrogens is 315 g/mol. The van der Waals surface area contributed by atoms with Crippen LogP contribution in [0, 0.1) is 0 Å². The number of tetrazole rings is 1. The number of carbonyl (C=O) groups is 1. The molecule has 1 aliphatic rings. The second-order valence-electron chi connectivity index (χ2n) is 5.12. The minimum atomic E-state index is -1.00. The van der Waals surface area contributed by atoms with Crippen LogP contribution in [-0.2, 0) is 16.8 Å². The van der Waals surface area contributed by atoms with E-state index in [0.29, 0.717) is 35.1 Å². The molecule has 1 heterocycles.